The lowest BCUT2D eigenvalue weighted by Gasteiger charge is -2.23. The molecule has 0 bridgehead atoms. The van der Waals surface area contributed by atoms with Crippen molar-refractivity contribution in [3.05, 3.63) is 65.5 Å². The third kappa shape index (κ3) is 5.00. The Labute approximate surface area is 150 Å². The molecule has 26 heavy (non-hydrogen) atoms. The zero-order chi connectivity index (χ0) is 18.5. The van der Waals surface area contributed by atoms with E-state index in [2.05, 4.69) is 4.74 Å². The van der Waals surface area contributed by atoms with E-state index in [1.54, 1.807) is 35.2 Å². The molecule has 1 saturated carbocycles. The van der Waals surface area contributed by atoms with Crippen molar-refractivity contribution in [2.75, 3.05) is 0 Å². The van der Waals surface area contributed by atoms with E-state index in [0.717, 1.165) is 18.4 Å². The van der Waals surface area contributed by atoms with Crippen LogP contribution in [0.3, 0.4) is 0 Å². The van der Waals surface area contributed by atoms with Crippen LogP contribution in [-0.2, 0) is 17.8 Å². The largest absolute Gasteiger partial charge is 0.435 e. The van der Waals surface area contributed by atoms with Gasteiger partial charge in [0.05, 0.1) is 0 Å². The number of amides is 1. The summed E-state index contributed by atoms with van der Waals surface area (Å²) < 4.78 is 42.5. The first-order valence-corrected chi connectivity index (χ1v) is 8.59. The summed E-state index contributed by atoms with van der Waals surface area (Å²) in [6, 6.07) is 12.9. The minimum absolute atomic E-state index is 0.0244. The van der Waals surface area contributed by atoms with Crippen LogP contribution in [0.2, 0.25) is 0 Å². The van der Waals surface area contributed by atoms with Gasteiger partial charge in [0, 0.05) is 24.6 Å². The second kappa shape index (κ2) is 8.25. The van der Waals surface area contributed by atoms with Crippen LogP contribution in [0.5, 0.6) is 5.75 Å². The van der Waals surface area contributed by atoms with Crippen molar-refractivity contribution in [1.29, 1.82) is 0 Å². The van der Waals surface area contributed by atoms with E-state index in [9.17, 15) is 18.0 Å². The maximum absolute atomic E-state index is 13.9. The zero-order valence-electron chi connectivity index (χ0n) is 14.2. The lowest BCUT2D eigenvalue weighted by atomic mass is 10.1. The van der Waals surface area contributed by atoms with Gasteiger partial charge < -0.3 is 9.64 Å². The molecular formula is C20H20F3NO2. The number of ether oxygens (including phenoxy) is 1. The fraction of sp³-hybridized carbons (Fsp3) is 0.350. The maximum Gasteiger partial charge on any atom is 0.387 e. The fourth-order valence-corrected chi connectivity index (χ4v) is 2.85. The molecule has 6 heteroatoms. The van der Waals surface area contributed by atoms with Crippen LogP contribution in [0, 0.1) is 5.82 Å². The number of hydrogen-bond donors (Lipinski definition) is 0. The highest BCUT2D eigenvalue weighted by Crippen LogP contribution is 2.29. The van der Waals surface area contributed by atoms with Crippen LogP contribution in [0.25, 0.3) is 0 Å². The van der Waals surface area contributed by atoms with Crippen molar-refractivity contribution in [2.45, 2.75) is 44.9 Å². The summed E-state index contributed by atoms with van der Waals surface area (Å²) in [6.45, 7) is -2.58. The standard InChI is InChI=1S/C20H20F3NO2/c21-18-4-2-1-3-15(18)13-24(16-8-9-16)19(25)12-7-14-5-10-17(11-6-14)26-20(22)23/h1-6,10-11,16,20H,7-9,12-13H2. The number of benzene rings is 2. The van der Waals surface area contributed by atoms with Gasteiger partial charge in [-0.15, -0.1) is 0 Å². The minimum Gasteiger partial charge on any atom is -0.435 e. The molecule has 0 unspecified atom stereocenters. The van der Waals surface area contributed by atoms with Crippen molar-refractivity contribution in [1.82, 2.24) is 4.90 Å². The Morgan fingerprint density at radius 3 is 2.42 bits per heavy atom. The average molecular weight is 363 g/mol. The summed E-state index contributed by atoms with van der Waals surface area (Å²) in [7, 11) is 0. The summed E-state index contributed by atoms with van der Waals surface area (Å²) in [5.74, 6) is -0.238. The summed E-state index contributed by atoms with van der Waals surface area (Å²) in [5, 5.41) is 0. The first-order chi connectivity index (χ1) is 12.5. The van der Waals surface area contributed by atoms with Gasteiger partial charge in [0.2, 0.25) is 5.91 Å². The van der Waals surface area contributed by atoms with Crippen molar-refractivity contribution >= 4 is 5.91 Å². The molecule has 0 N–H and O–H groups in total. The first kappa shape index (κ1) is 18.3. The highest BCUT2D eigenvalue weighted by Gasteiger charge is 2.32. The van der Waals surface area contributed by atoms with Gasteiger partial charge in [0.15, 0.2) is 0 Å². The third-order valence-corrected chi connectivity index (χ3v) is 4.38. The molecule has 0 atom stereocenters. The monoisotopic (exact) mass is 363 g/mol. The molecule has 1 aliphatic rings. The fourth-order valence-electron chi connectivity index (χ4n) is 2.85. The van der Waals surface area contributed by atoms with Crippen molar-refractivity contribution in [3.63, 3.8) is 0 Å². The van der Waals surface area contributed by atoms with Gasteiger partial charge in [-0.2, -0.15) is 8.78 Å². The molecule has 0 aromatic heterocycles. The Kier molecular flexibility index (Phi) is 5.81. The lowest BCUT2D eigenvalue weighted by molar-refractivity contribution is -0.132. The number of carbonyl (C=O) groups is 1. The molecule has 2 aromatic rings. The van der Waals surface area contributed by atoms with Crippen molar-refractivity contribution < 1.29 is 22.7 Å². The molecule has 1 aliphatic carbocycles. The van der Waals surface area contributed by atoms with E-state index in [-0.39, 0.29) is 30.1 Å². The van der Waals surface area contributed by atoms with Crippen LogP contribution >= 0.6 is 0 Å². The predicted molar refractivity (Wildman–Crippen MR) is 91.4 cm³/mol. The molecule has 0 saturated heterocycles. The van der Waals surface area contributed by atoms with Crippen LogP contribution in [-0.4, -0.2) is 23.5 Å². The second-order valence-corrected chi connectivity index (χ2v) is 6.37. The molecule has 3 nitrogen and oxygen atoms in total. The van der Waals surface area contributed by atoms with E-state index >= 15 is 0 Å². The van der Waals surface area contributed by atoms with Crippen LogP contribution in [0.4, 0.5) is 13.2 Å². The SMILES string of the molecule is O=C(CCc1ccc(OC(F)F)cc1)N(Cc1ccccc1F)C1CC1. The summed E-state index contributed by atoms with van der Waals surface area (Å²) >= 11 is 0. The van der Waals surface area contributed by atoms with Gasteiger partial charge >= 0.3 is 6.61 Å². The van der Waals surface area contributed by atoms with E-state index in [0.29, 0.717) is 18.4 Å². The first-order valence-electron chi connectivity index (χ1n) is 8.59. The number of nitrogens with zero attached hydrogens (tertiary/aromatic N) is 1. The zero-order valence-corrected chi connectivity index (χ0v) is 14.2. The van der Waals surface area contributed by atoms with Gasteiger partial charge in [0.1, 0.15) is 11.6 Å². The molecule has 3 rings (SSSR count). The van der Waals surface area contributed by atoms with Crippen molar-refractivity contribution in [2.24, 2.45) is 0 Å². The van der Waals surface area contributed by atoms with Gasteiger partial charge in [-0.1, -0.05) is 30.3 Å². The molecule has 0 spiro atoms. The van der Waals surface area contributed by atoms with Crippen LogP contribution in [0.15, 0.2) is 48.5 Å². The Hall–Kier alpha value is -2.50. The third-order valence-electron chi connectivity index (χ3n) is 4.38. The maximum atomic E-state index is 13.9. The molecule has 2 aromatic carbocycles. The number of rotatable bonds is 8. The average Bonchev–Trinajstić information content (AvgIpc) is 3.44. The van der Waals surface area contributed by atoms with Gasteiger partial charge in [0.25, 0.3) is 0 Å². The van der Waals surface area contributed by atoms with Gasteiger partial charge in [-0.25, -0.2) is 4.39 Å². The van der Waals surface area contributed by atoms with Crippen LogP contribution in [0.1, 0.15) is 30.4 Å². The lowest BCUT2D eigenvalue weighted by Crippen LogP contribution is -2.33. The quantitative estimate of drug-likeness (QED) is 0.689. The van der Waals surface area contributed by atoms with Crippen molar-refractivity contribution in [3.8, 4) is 5.75 Å². The summed E-state index contributed by atoms with van der Waals surface area (Å²) in [5.41, 5.74) is 1.38. The second-order valence-electron chi connectivity index (χ2n) is 6.37. The van der Waals surface area contributed by atoms with E-state index < -0.39 is 6.61 Å². The molecule has 138 valence electrons. The Morgan fingerprint density at radius 2 is 1.81 bits per heavy atom. The normalized spacial score (nSPS) is 13.7. The topological polar surface area (TPSA) is 29.5 Å². The molecule has 0 aliphatic heterocycles. The van der Waals surface area contributed by atoms with E-state index in [4.69, 9.17) is 0 Å². The minimum atomic E-state index is -2.85. The molecule has 1 fully saturated rings. The number of carbonyl (C=O) groups excluding carboxylic acids is 1. The smallest absolute Gasteiger partial charge is 0.387 e. The molecule has 1 amide bonds. The van der Waals surface area contributed by atoms with E-state index in [1.165, 1.54) is 18.2 Å². The highest BCUT2D eigenvalue weighted by atomic mass is 19.3. The molecule has 0 radical (unpaired) electrons. The van der Waals surface area contributed by atoms with Gasteiger partial charge in [-0.05, 0) is 43.0 Å². The number of aryl methyl sites for hydroxylation is 1. The number of hydrogen-bond acceptors (Lipinski definition) is 2. The van der Waals surface area contributed by atoms with E-state index in [1.807, 2.05) is 0 Å². The van der Waals surface area contributed by atoms with Crippen LogP contribution < -0.4 is 4.74 Å². The number of halogens is 3. The van der Waals surface area contributed by atoms with Gasteiger partial charge in [-0.3, -0.25) is 4.79 Å². The highest BCUT2D eigenvalue weighted by molar-refractivity contribution is 5.77. The predicted octanol–water partition coefficient (Wildman–Crippen LogP) is 4.55. The summed E-state index contributed by atoms with van der Waals surface area (Å²) in [4.78, 5) is 14.3. The Bertz CT molecular complexity index is 745. The Balaban J connectivity index is 1.57. The molecular weight excluding hydrogens is 343 g/mol. The Morgan fingerprint density at radius 1 is 1.12 bits per heavy atom. The molecule has 0 heterocycles. The number of alkyl halides is 2. The summed E-state index contributed by atoms with van der Waals surface area (Å²) in [6.07, 6.45) is 2.67.